The summed E-state index contributed by atoms with van der Waals surface area (Å²) in [6.45, 7) is 2.00. The van der Waals surface area contributed by atoms with Crippen molar-refractivity contribution in [2.24, 2.45) is 0 Å². The largest absolute Gasteiger partial charge is 0.467 e. The Kier molecular flexibility index (Phi) is 5.44. The molecule has 1 aliphatic carbocycles. The van der Waals surface area contributed by atoms with Crippen molar-refractivity contribution in [3.63, 3.8) is 0 Å². The van der Waals surface area contributed by atoms with Gasteiger partial charge in [-0.3, -0.25) is 4.79 Å². The molecule has 6 heteroatoms. The minimum absolute atomic E-state index is 0.120. The summed E-state index contributed by atoms with van der Waals surface area (Å²) < 4.78 is 9.12. The lowest BCUT2D eigenvalue weighted by molar-refractivity contribution is -0.159. The summed E-state index contributed by atoms with van der Waals surface area (Å²) in [5, 5.41) is 10.4. The summed E-state index contributed by atoms with van der Waals surface area (Å²) in [6.07, 6.45) is 2.29. The van der Waals surface area contributed by atoms with E-state index in [0.717, 1.165) is 27.1 Å². The quantitative estimate of drug-likeness (QED) is 0.443. The maximum Gasteiger partial charge on any atom is 0.342 e. The molecule has 1 atom stereocenters. The van der Waals surface area contributed by atoms with E-state index in [1.165, 1.54) is 0 Å². The predicted molar refractivity (Wildman–Crippen MR) is 69.8 cm³/mol. The van der Waals surface area contributed by atoms with Crippen LogP contribution in [0.4, 0.5) is 0 Å². The number of methoxy groups -OCH3 is 2. The number of ketones is 1. The third-order valence-corrected chi connectivity index (χ3v) is 3.44. The second-order valence-electron chi connectivity index (χ2n) is 4.75. The van der Waals surface area contributed by atoms with Gasteiger partial charge in [-0.05, 0) is 18.4 Å². The molecule has 1 N–H and O–H groups in total. The molecule has 0 saturated carbocycles. The van der Waals surface area contributed by atoms with Gasteiger partial charge in [-0.15, -0.1) is 0 Å². The lowest BCUT2D eigenvalue weighted by Gasteiger charge is -2.22. The van der Waals surface area contributed by atoms with Gasteiger partial charge in [-0.2, -0.15) is 0 Å². The molecular weight excluding hydrogens is 264 g/mol. The minimum atomic E-state index is -2.04. The number of unbranched alkanes of at least 4 members (excludes halogenated alkanes) is 2. The van der Waals surface area contributed by atoms with Gasteiger partial charge in [0, 0.05) is 0 Å². The van der Waals surface area contributed by atoms with Crippen LogP contribution in [0.5, 0.6) is 0 Å². The summed E-state index contributed by atoms with van der Waals surface area (Å²) in [4.78, 5) is 35.4. The molecule has 1 aliphatic rings. The van der Waals surface area contributed by atoms with Crippen LogP contribution in [0.1, 0.15) is 39.0 Å². The van der Waals surface area contributed by atoms with Crippen LogP contribution in [0.2, 0.25) is 0 Å². The number of carbonyl (C=O) groups excluding carboxylic acids is 3. The van der Waals surface area contributed by atoms with Gasteiger partial charge in [-0.1, -0.05) is 19.8 Å². The number of rotatable bonds is 6. The fourth-order valence-electron chi connectivity index (χ4n) is 2.39. The fourth-order valence-corrected chi connectivity index (χ4v) is 2.39. The first kappa shape index (κ1) is 16.4. The van der Waals surface area contributed by atoms with Crippen LogP contribution in [0, 0.1) is 0 Å². The Bertz CT molecular complexity index is 451. The van der Waals surface area contributed by atoms with Crippen molar-refractivity contribution in [3.8, 4) is 0 Å². The zero-order chi connectivity index (χ0) is 15.3. The van der Waals surface area contributed by atoms with Crippen LogP contribution in [0.25, 0.3) is 0 Å². The maximum absolute atomic E-state index is 11.9. The maximum atomic E-state index is 11.9. The molecule has 20 heavy (non-hydrogen) atoms. The van der Waals surface area contributed by atoms with Crippen molar-refractivity contribution in [1.29, 1.82) is 0 Å². The van der Waals surface area contributed by atoms with Gasteiger partial charge in [0.05, 0.1) is 20.6 Å². The first-order valence-corrected chi connectivity index (χ1v) is 6.58. The Balaban J connectivity index is 3.21. The van der Waals surface area contributed by atoms with Gasteiger partial charge >= 0.3 is 11.9 Å². The van der Waals surface area contributed by atoms with E-state index in [-0.39, 0.29) is 17.6 Å². The van der Waals surface area contributed by atoms with Crippen molar-refractivity contribution >= 4 is 17.7 Å². The molecule has 0 radical (unpaired) electrons. The molecule has 0 amide bonds. The summed E-state index contributed by atoms with van der Waals surface area (Å²) >= 11 is 0. The van der Waals surface area contributed by atoms with Crippen LogP contribution in [-0.2, 0) is 23.9 Å². The highest BCUT2D eigenvalue weighted by Crippen LogP contribution is 2.38. The van der Waals surface area contributed by atoms with Gasteiger partial charge in [0.2, 0.25) is 0 Å². The Morgan fingerprint density at radius 2 is 1.90 bits per heavy atom. The predicted octanol–water partition coefficient (Wildman–Crippen LogP) is 0.913. The number of esters is 2. The smallest absolute Gasteiger partial charge is 0.342 e. The summed E-state index contributed by atoms with van der Waals surface area (Å²) in [6, 6.07) is 0. The van der Waals surface area contributed by atoms with Crippen molar-refractivity contribution in [2.45, 2.75) is 44.6 Å². The van der Waals surface area contributed by atoms with Gasteiger partial charge in [0.15, 0.2) is 11.4 Å². The van der Waals surface area contributed by atoms with Gasteiger partial charge in [0.25, 0.3) is 0 Å². The van der Waals surface area contributed by atoms with E-state index >= 15 is 0 Å². The van der Waals surface area contributed by atoms with E-state index in [0.29, 0.717) is 6.42 Å². The molecule has 0 fully saturated rings. The van der Waals surface area contributed by atoms with Crippen molar-refractivity contribution in [2.75, 3.05) is 14.2 Å². The van der Waals surface area contributed by atoms with Crippen LogP contribution in [0.3, 0.4) is 0 Å². The number of hydrogen-bond donors (Lipinski definition) is 1. The van der Waals surface area contributed by atoms with Gasteiger partial charge in [-0.25, -0.2) is 9.59 Å². The number of carbonyl (C=O) groups is 3. The van der Waals surface area contributed by atoms with E-state index in [2.05, 4.69) is 9.47 Å². The third kappa shape index (κ3) is 2.90. The molecule has 0 aliphatic heterocycles. The van der Waals surface area contributed by atoms with E-state index in [9.17, 15) is 19.5 Å². The average molecular weight is 284 g/mol. The molecule has 0 aromatic carbocycles. The molecule has 0 aromatic rings. The molecule has 1 rings (SSSR count). The molecule has 0 saturated heterocycles. The minimum Gasteiger partial charge on any atom is -0.467 e. The second kappa shape index (κ2) is 6.65. The lowest BCUT2D eigenvalue weighted by Crippen LogP contribution is -2.40. The average Bonchev–Trinajstić information content (AvgIpc) is 2.69. The Labute approximate surface area is 117 Å². The number of hydrogen-bond acceptors (Lipinski definition) is 6. The van der Waals surface area contributed by atoms with Crippen molar-refractivity contribution in [3.05, 3.63) is 11.1 Å². The van der Waals surface area contributed by atoms with Crippen molar-refractivity contribution < 1.29 is 29.0 Å². The first-order chi connectivity index (χ1) is 9.42. The van der Waals surface area contributed by atoms with Gasteiger partial charge in [0.1, 0.15) is 5.57 Å². The molecule has 1 unspecified atom stereocenters. The Hall–Kier alpha value is -1.69. The van der Waals surface area contributed by atoms with E-state index in [1.54, 1.807) is 0 Å². The monoisotopic (exact) mass is 284 g/mol. The van der Waals surface area contributed by atoms with Crippen LogP contribution in [-0.4, -0.2) is 42.6 Å². The highest BCUT2D eigenvalue weighted by Gasteiger charge is 2.52. The number of Topliss-reactive ketones (excluding diaryl/α,β-unsaturated/α-hetero) is 1. The van der Waals surface area contributed by atoms with Crippen LogP contribution < -0.4 is 0 Å². The SMILES string of the molecule is CCCCCC1=C(C(=O)OC)C(=O)CC1(O)C(=O)OC. The van der Waals surface area contributed by atoms with Crippen LogP contribution in [0.15, 0.2) is 11.1 Å². The molecule has 0 heterocycles. The molecule has 0 aromatic heterocycles. The first-order valence-electron chi connectivity index (χ1n) is 6.58. The summed E-state index contributed by atoms with van der Waals surface area (Å²) in [5.41, 5.74) is -2.13. The second-order valence-corrected chi connectivity index (χ2v) is 4.75. The topological polar surface area (TPSA) is 89.9 Å². The zero-order valence-electron chi connectivity index (χ0n) is 12.0. The van der Waals surface area contributed by atoms with Crippen LogP contribution >= 0.6 is 0 Å². The van der Waals surface area contributed by atoms with E-state index < -0.39 is 29.7 Å². The number of ether oxygens (including phenoxy) is 2. The highest BCUT2D eigenvalue weighted by atomic mass is 16.5. The van der Waals surface area contributed by atoms with E-state index in [1.807, 2.05) is 6.92 Å². The Morgan fingerprint density at radius 1 is 1.25 bits per heavy atom. The van der Waals surface area contributed by atoms with Crippen molar-refractivity contribution in [1.82, 2.24) is 0 Å². The molecule has 0 spiro atoms. The normalized spacial score (nSPS) is 22.1. The standard InChI is InChI=1S/C14H20O6/c1-4-5-6-7-9-11(12(16)19-2)10(15)8-14(9,18)13(17)20-3/h18H,4-8H2,1-3H3. The summed E-state index contributed by atoms with van der Waals surface area (Å²) in [5.74, 6) is -2.33. The highest BCUT2D eigenvalue weighted by molar-refractivity contribution is 6.22. The van der Waals surface area contributed by atoms with E-state index in [4.69, 9.17) is 0 Å². The lowest BCUT2D eigenvalue weighted by atomic mass is 9.90. The number of aliphatic hydroxyl groups is 1. The summed E-state index contributed by atoms with van der Waals surface area (Å²) in [7, 11) is 2.28. The molecule has 0 bridgehead atoms. The third-order valence-electron chi connectivity index (χ3n) is 3.44. The fraction of sp³-hybridized carbons (Fsp3) is 0.643. The Morgan fingerprint density at radius 3 is 2.40 bits per heavy atom. The van der Waals surface area contributed by atoms with Gasteiger partial charge < -0.3 is 14.6 Å². The molecule has 6 nitrogen and oxygen atoms in total. The molecular formula is C14H20O6. The molecule has 112 valence electrons. The zero-order valence-corrected chi connectivity index (χ0v) is 12.0.